The van der Waals surface area contributed by atoms with Gasteiger partial charge in [0.2, 0.25) is 5.91 Å². The van der Waals surface area contributed by atoms with Gasteiger partial charge in [-0.2, -0.15) is 5.10 Å². The first-order valence-electron chi connectivity index (χ1n) is 7.98. The van der Waals surface area contributed by atoms with Crippen molar-refractivity contribution in [3.63, 3.8) is 0 Å². The molecule has 8 nitrogen and oxygen atoms in total. The number of nitro benzene ring substituents is 1. The molecule has 144 valence electrons. The van der Waals surface area contributed by atoms with Gasteiger partial charge in [0.1, 0.15) is 18.0 Å². The maximum Gasteiger partial charge on any atom is 0.283 e. The molecule has 0 bridgehead atoms. The summed E-state index contributed by atoms with van der Waals surface area (Å²) in [6.45, 7) is -0.321. The number of amides is 1. The summed E-state index contributed by atoms with van der Waals surface area (Å²) >= 11 is 6.02. The molecule has 0 unspecified atom stereocenters. The standard InChI is InChI=1S/C16H15ClF2N4O4/c1-27-11-6-9(23(25)26)4-5-10(11)20-12(24)7-22-15(8-2-3-8)13(17)14(21-22)16(18)19/h4-6,8,16H,2-3,7H2,1H3,(H,20,24). The molecule has 1 N–H and O–H groups in total. The highest BCUT2D eigenvalue weighted by molar-refractivity contribution is 6.32. The highest BCUT2D eigenvalue weighted by atomic mass is 35.5. The van der Waals surface area contributed by atoms with Crippen LogP contribution in [-0.4, -0.2) is 27.7 Å². The minimum Gasteiger partial charge on any atom is -0.494 e. The minimum atomic E-state index is -2.84. The summed E-state index contributed by atoms with van der Waals surface area (Å²) in [4.78, 5) is 22.6. The van der Waals surface area contributed by atoms with Crippen molar-refractivity contribution in [3.8, 4) is 5.75 Å². The van der Waals surface area contributed by atoms with Gasteiger partial charge in [0.15, 0.2) is 0 Å². The Hall–Kier alpha value is -2.75. The number of halogens is 3. The highest BCUT2D eigenvalue weighted by Gasteiger charge is 2.34. The van der Waals surface area contributed by atoms with Gasteiger partial charge in [-0.05, 0) is 18.9 Å². The molecule has 1 aromatic carbocycles. The third kappa shape index (κ3) is 4.00. The van der Waals surface area contributed by atoms with Gasteiger partial charge in [-0.1, -0.05) is 11.6 Å². The molecule has 1 saturated carbocycles. The van der Waals surface area contributed by atoms with E-state index in [2.05, 4.69) is 10.4 Å². The summed E-state index contributed by atoms with van der Waals surface area (Å²) in [5.41, 5.74) is -0.0909. The SMILES string of the molecule is COc1cc([N+](=O)[O-])ccc1NC(=O)Cn1nc(C(F)F)c(Cl)c1C1CC1. The Morgan fingerprint density at radius 1 is 1.52 bits per heavy atom. The lowest BCUT2D eigenvalue weighted by molar-refractivity contribution is -0.384. The zero-order chi connectivity index (χ0) is 19.7. The maximum absolute atomic E-state index is 13.1. The Morgan fingerprint density at radius 3 is 2.78 bits per heavy atom. The Balaban J connectivity index is 1.81. The van der Waals surface area contributed by atoms with E-state index in [-0.39, 0.29) is 34.6 Å². The average molecular weight is 401 g/mol. The van der Waals surface area contributed by atoms with E-state index in [1.807, 2.05) is 0 Å². The van der Waals surface area contributed by atoms with Crippen molar-refractivity contribution in [1.29, 1.82) is 0 Å². The van der Waals surface area contributed by atoms with Gasteiger partial charge in [-0.3, -0.25) is 19.6 Å². The van der Waals surface area contributed by atoms with E-state index >= 15 is 0 Å². The second kappa shape index (κ2) is 7.47. The fourth-order valence-electron chi connectivity index (χ4n) is 2.70. The number of nitrogens with one attached hydrogen (secondary N) is 1. The molecule has 0 atom stereocenters. The highest BCUT2D eigenvalue weighted by Crippen LogP contribution is 2.45. The molecule has 0 saturated heterocycles. The normalized spacial score (nSPS) is 13.7. The molecule has 3 rings (SSSR count). The van der Waals surface area contributed by atoms with Gasteiger partial charge >= 0.3 is 0 Å². The number of alkyl halides is 2. The number of benzene rings is 1. The molecule has 0 radical (unpaired) electrons. The molecule has 1 aromatic heterocycles. The third-order valence-corrected chi connectivity index (χ3v) is 4.48. The number of methoxy groups -OCH3 is 1. The Labute approximate surface area is 157 Å². The van der Waals surface area contributed by atoms with Crippen molar-refractivity contribution in [2.45, 2.75) is 31.7 Å². The summed E-state index contributed by atoms with van der Waals surface area (Å²) in [5, 5.41) is 17.0. The molecule has 27 heavy (non-hydrogen) atoms. The molecule has 1 amide bonds. The van der Waals surface area contributed by atoms with Crippen LogP contribution in [0.15, 0.2) is 18.2 Å². The first kappa shape index (κ1) is 19.0. The summed E-state index contributed by atoms with van der Waals surface area (Å²) in [6, 6.07) is 3.72. The largest absolute Gasteiger partial charge is 0.494 e. The summed E-state index contributed by atoms with van der Waals surface area (Å²) in [6.07, 6.45) is -1.24. The van der Waals surface area contributed by atoms with Crippen molar-refractivity contribution >= 4 is 28.9 Å². The summed E-state index contributed by atoms with van der Waals surface area (Å²) in [7, 11) is 1.31. The van der Waals surface area contributed by atoms with Crippen LogP contribution in [0.4, 0.5) is 20.2 Å². The molecule has 11 heteroatoms. The number of ether oxygens (including phenoxy) is 1. The second-order valence-electron chi connectivity index (χ2n) is 6.01. The molecule has 1 aliphatic carbocycles. The predicted molar refractivity (Wildman–Crippen MR) is 92.4 cm³/mol. The van der Waals surface area contributed by atoms with E-state index < -0.39 is 22.9 Å². The molecule has 1 aliphatic rings. The lowest BCUT2D eigenvalue weighted by atomic mass is 10.2. The van der Waals surface area contributed by atoms with E-state index in [1.54, 1.807) is 0 Å². The summed E-state index contributed by atoms with van der Waals surface area (Å²) < 4.78 is 32.4. The Bertz CT molecular complexity index is 899. The van der Waals surface area contributed by atoms with Crippen molar-refractivity contribution in [3.05, 3.63) is 44.7 Å². The number of nitro groups is 1. The molecule has 1 fully saturated rings. The third-order valence-electron chi connectivity index (χ3n) is 4.09. The van der Waals surface area contributed by atoms with Gasteiger partial charge in [-0.15, -0.1) is 0 Å². The van der Waals surface area contributed by atoms with Crippen molar-refractivity contribution in [2.24, 2.45) is 0 Å². The fraction of sp³-hybridized carbons (Fsp3) is 0.375. The van der Waals surface area contributed by atoms with Crippen LogP contribution in [0.5, 0.6) is 5.75 Å². The number of nitrogens with zero attached hydrogens (tertiary/aromatic N) is 3. The first-order valence-corrected chi connectivity index (χ1v) is 8.36. The van der Waals surface area contributed by atoms with Crippen molar-refractivity contribution < 1.29 is 23.2 Å². The van der Waals surface area contributed by atoms with Crippen LogP contribution >= 0.6 is 11.6 Å². The van der Waals surface area contributed by atoms with E-state index in [0.717, 1.165) is 12.8 Å². The van der Waals surface area contributed by atoms with Crippen LogP contribution in [-0.2, 0) is 11.3 Å². The smallest absolute Gasteiger partial charge is 0.283 e. The first-order chi connectivity index (χ1) is 12.8. The monoisotopic (exact) mass is 400 g/mol. The zero-order valence-corrected chi connectivity index (χ0v) is 14.9. The van der Waals surface area contributed by atoms with E-state index in [4.69, 9.17) is 16.3 Å². The average Bonchev–Trinajstić information content (AvgIpc) is 3.39. The van der Waals surface area contributed by atoms with Crippen LogP contribution in [0, 0.1) is 10.1 Å². The minimum absolute atomic E-state index is 0.0132. The maximum atomic E-state index is 13.1. The number of carbonyl (C=O) groups excluding carboxylic acids is 1. The lowest BCUT2D eigenvalue weighted by Crippen LogP contribution is -2.21. The molecule has 1 heterocycles. The van der Waals surface area contributed by atoms with Gasteiger partial charge in [0.05, 0.1) is 34.5 Å². The van der Waals surface area contributed by atoms with Crippen LogP contribution in [0.1, 0.15) is 36.6 Å². The molecule has 2 aromatic rings. The van der Waals surface area contributed by atoms with E-state index in [0.29, 0.717) is 5.69 Å². The fourth-order valence-corrected chi connectivity index (χ4v) is 3.07. The Kier molecular flexibility index (Phi) is 5.26. The number of hydrogen-bond acceptors (Lipinski definition) is 5. The number of non-ortho nitro benzene ring substituents is 1. The van der Waals surface area contributed by atoms with Crippen LogP contribution < -0.4 is 10.1 Å². The van der Waals surface area contributed by atoms with E-state index in [9.17, 15) is 23.7 Å². The zero-order valence-electron chi connectivity index (χ0n) is 14.1. The van der Waals surface area contributed by atoms with Gasteiger partial charge in [-0.25, -0.2) is 8.78 Å². The topological polar surface area (TPSA) is 99.3 Å². The van der Waals surface area contributed by atoms with E-state index in [1.165, 1.54) is 30.0 Å². The molecule has 0 aliphatic heterocycles. The Morgan fingerprint density at radius 2 is 2.22 bits per heavy atom. The van der Waals surface area contributed by atoms with Gasteiger partial charge in [0.25, 0.3) is 12.1 Å². The van der Waals surface area contributed by atoms with Crippen molar-refractivity contribution in [1.82, 2.24) is 9.78 Å². The van der Waals surface area contributed by atoms with Crippen LogP contribution in [0.3, 0.4) is 0 Å². The number of rotatable bonds is 7. The van der Waals surface area contributed by atoms with Crippen molar-refractivity contribution in [2.75, 3.05) is 12.4 Å². The number of anilines is 1. The van der Waals surface area contributed by atoms with Crippen LogP contribution in [0.25, 0.3) is 0 Å². The van der Waals surface area contributed by atoms with Crippen LogP contribution in [0.2, 0.25) is 5.02 Å². The van der Waals surface area contributed by atoms with Gasteiger partial charge in [0, 0.05) is 12.0 Å². The molecular formula is C16H15ClF2N4O4. The lowest BCUT2D eigenvalue weighted by Gasteiger charge is -2.11. The summed E-state index contributed by atoms with van der Waals surface area (Å²) in [5.74, 6) is -0.435. The number of hydrogen-bond donors (Lipinski definition) is 1. The quantitative estimate of drug-likeness (QED) is 0.561. The molecular weight excluding hydrogens is 386 g/mol. The number of aromatic nitrogens is 2. The molecule has 0 spiro atoms. The predicted octanol–water partition coefficient (Wildman–Crippen LogP) is 3.91. The number of carbonyl (C=O) groups is 1. The second-order valence-corrected chi connectivity index (χ2v) is 6.38. The van der Waals surface area contributed by atoms with Gasteiger partial charge < -0.3 is 10.1 Å².